The molecule has 5 heteroatoms. The van der Waals surface area contributed by atoms with E-state index in [0.29, 0.717) is 22.2 Å². The Labute approximate surface area is 155 Å². The predicted molar refractivity (Wildman–Crippen MR) is 104 cm³/mol. The summed E-state index contributed by atoms with van der Waals surface area (Å²) in [5.74, 6) is 0.327. The minimum atomic E-state index is -0.195. The number of amides is 1. The largest absolute Gasteiger partial charge is 0.436 e. The van der Waals surface area contributed by atoms with E-state index >= 15 is 0 Å². The van der Waals surface area contributed by atoms with Gasteiger partial charge in [0.2, 0.25) is 5.89 Å². The monoisotopic (exact) mass is 362 g/mol. The van der Waals surface area contributed by atoms with E-state index in [1.807, 2.05) is 49.4 Å². The molecule has 4 aromatic rings. The van der Waals surface area contributed by atoms with Crippen molar-refractivity contribution in [1.82, 2.24) is 4.98 Å². The van der Waals surface area contributed by atoms with Crippen LogP contribution in [0.1, 0.15) is 15.9 Å². The summed E-state index contributed by atoms with van der Waals surface area (Å²) in [6, 6.07) is 20.1. The zero-order valence-electron chi connectivity index (χ0n) is 14.0. The number of hydrogen-bond donors (Lipinski definition) is 1. The van der Waals surface area contributed by atoms with Gasteiger partial charge in [0.05, 0.1) is 0 Å². The first-order valence-corrected chi connectivity index (χ1v) is 8.51. The Morgan fingerprint density at radius 3 is 2.58 bits per heavy atom. The second kappa shape index (κ2) is 6.65. The van der Waals surface area contributed by atoms with Crippen LogP contribution in [-0.2, 0) is 0 Å². The first-order chi connectivity index (χ1) is 12.6. The lowest BCUT2D eigenvalue weighted by molar-refractivity contribution is 0.102. The maximum absolute atomic E-state index is 12.5. The highest BCUT2D eigenvalue weighted by molar-refractivity contribution is 6.30. The molecule has 1 aromatic heterocycles. The fourth-order valence-electron chi connectivity index (χ4n) is 2.68. The Morgan fingerprint density at radius 1 is 1.04 bits per heavy atom. The van der Waals surface area contributed by atoms with Gasteiger partial charge in [-0.2, -0.15) is 0 Å². The SMILES string of the molecule is Cc1ccc(-c2nc3ccccc3o2)cc1NC(=O)c1ccc(Cl)cc1. The van der Waals surface area contributed by atoms with Crippen molar-refractivity contribution in [3.05, 3.63) is 82.9 Å². The summed E-state index contributed by atoms with van der Waals surface area (Å²) in [6.07, 6.45) is 0. The summed E-state index contributed by atoms with van der Waals surface area (Å²) in [5, 5.41) is 3.53. The van der Waals surface area contributed by atoms with Crippen molar-refractivity contribution in [3.63, 3.8) is 0 Å². The summed E-state index contributed by atoms with van der Waals surface area (Å²) in [4.78, 5) is 17.0. The number of fused-ring (bicyclic) bond motifs is 1. The summed E-state index contributed by atoms with van der Waals surface area (Å²) >= 11 is 5.87. The zero-order valence-corrected chi connectivity index (χ0v) is 14.7. The molecule has 128 valence electrons. The van der Waals surface area contributed by atoms with Gasteiger partial charge >= 0.3 is 0 Å². The van der Waals surface area contributed by atoms with E-state index in [0.717, 1.165) is 22.2 Å². The van der Waals surface area contributed by atoms with E-state index in [4.69, 9.17) is 16.0 Å². The van der Waals surface area contributed by atoms with E-state index < -0.39 is 0 Å². The third-order valence-corrected chi connectivity index (χ3v) is 4.38. The molecule has 1 N–H and O–H groups in total. The molecule has 0 aliphatic heterocycles. The normalized spacial score (nSPS) is 10.8. The fourth-order valence-corrected chi connectivity index (χ4v) is 2.81. The number of oxazole rings is 1. The molecular weight excluding hydrogens is 348 g/mol. The van der Waals surface area contributed by atoms with Gasteiger partial charge in [-0.15, -0.1) is 0 Å². The molecule has 0 aliphatic rings. The van der Waals surface area contributed by atoms with Crippen LogP contribution in [0.3, 0.4) is 0 Å². The van der Waals surface area contributed by atoms with Gasteiger partial charge in [-0.3, -0.25) is 4.79 Å². The lowest BCUT2D eigenvalue weighted by Crippen LogP contribution is -2.12. The second-order valence-corrected chi connectivity index (χ2v) is 6.41. The number of aromatic nitrogens is 1. The molecule has 0 aliphatic carbocycles. The molecule has 0 saturated carbocycles. The van der Waals surface area contributed by atoms with Gasteiger partial charge in [0.25, 0.3) is 5.91 Å². The van der Waals surface area contributed by atoms with Crippen LogP contribution < -0.4 is 5.32 Å². The van der Waals surface area contributed by atoms with Gasteiger partial charge in [0, 0.05) is 21.8 Å². The van der Waals surface area contributed by atoms with Crippen LogP contribution in [0.2, 0.25) is 5.02 Å². The highest BCUT2D eigenvalue weighted by Crippen LogP contribution is 2.28. The van der Waals surface area contributed by atoms with Crippen LogP contribution in [0, 0.1) is 6.92 Å². The molecule has 0 atom stereocenters. The van der Waals surface area contributed by atoms with Gasteiger partial charge < -0.3 is 9.73 Å². The average Bonchev–Trinajstić information content (AvgIpc) is 3.08. The average molecular weight is 363 g/mol. The Hall–Kier alpha value is -3.11. The Balaban J connectivity index is 1.65. The first-order valence-electron chi connectivity index (χ1n) is 8.14. The lowest BCUT2D eigenvalue weighted by Gasteiger charge is -2.10. The summed E-state index contributed by atoms with van der Waals surface area (Å²) < 4.78 is 5.81. The number of hydrogen-bond acceptors (Lipinski definition) is 3. The number of carbonyl (C=O) groups excluding carboxylic acids is 1. The summed E-state index contributed by atoms with van der Waals surface area (Å²) in [7, 11) is 0. The third kappa shape index (κ3) is 3.19. The van der Waals surface area contributed by atoms with Crippen molar-refractivity contribution in [2.75, 3.05) is 5.32 Å². The maximum Gasteiger partial charge on any atom is 0.255 e. The first kappa shape index (κ1) is 16.4. The Bertz CT molecular complexity index is 1070. The molecule has 3 aromatic carbocycles. The molecule has 4 nitrogen and oxygen atoms in total. The number of nitrogens with one attached hydrogen (secondary N) is 1. The summed E-state index contributed by atoms with van der Waals surface area (Å²) in [5.41, 5.74) is 4.54. The fraction of sp³-hybridized carbons (Fsp3) is 0.0476. The van der Waals surface area contributed by atoms with Gasteiger partial charge in [-0.1, -0.05) is 29.8 Å². The van der Waals surface area contributed by atoms with Crippen LogP contribution in [0.15, 0.2) is 71.1 Å². The smallest absolute Gasteiger partial charge is 0.255 e. The number of rotatable bonds is 3. The van der Waals surface area contributed by atoms with Crippen molar-refractivity contribution >= 4 is 34.3 Å². The van der Waals surface area contributed by atoms with Crippen molar-refractivity contribution in [3.8, 4) is 11.5 Å². The van der Waals surface area contributed by atoms with Gasteiger partial charge in [-0.05, 0) is 61.0 Å². The number of halogens is 1. The van der Waals surface area contributed by atoms with Crippen molar-refractivity contribution in [2.24, 2.45) is 0 Å². The third-order valence-electron chi connectivity index (χ3n) is 4.13. The number of carbonyl (C=O) groups is 1. The van der Waals surface area contributed by atoms with Crippen LogP contribution in [-0.4, -0.2) is 10.9 Å². The molecular formula is C21H15ClN2O2. The molecule has 0 saturated heterocycles. The Kier molecular flexibility index (Phi) is 4.19. The highest BCUT2D eigenvalue weighted by Gasteiger charge is 2.12. The molecule has 0 radical (unpaired) electrons. The molecule has 0 fully saturated rings. The van der Waals surface area contributed by atoms with E-state index in [-0.39, 0.29) is 5.91 Å². The van der Waals surface area contributed by atoms with Gasteiger partial charge in [-0.25, -0.2) is 4.98 Å². The maximum atomic E-state index is 12.5. The van der Waals surface area contributed by atoms with Crippen LogP contribution in [0.25, 0.3) is 22.6 Å². The van der Waals surface area contributed by atoms with Crippen LogP contribution in [0.5, 0.6) is 0 Å². The molecule has 1 heterocycles. The van der Waals surface area contributed by atoms with Crippen molar-refractivity contribution in [2.45, 2.75) is 6.92 Å². The number of anilines is 1. The minimum Gasteiger partial charge on any atom is -0.436 e. The topological polar surface area (TPSA) is 55.1 Å². The number of para-hydroxylation sites is 2. The highest BCUT2D eigenvalue weighted by atomic mass is 35.5. The quantitative estimate of drug-likeness (QED) is 0.508. The number of nitrogens with zero attached hydrogens (tertiary/aromatic N) is 1. The van der Waals surface area contributed by atoms with Gasteiger partial charge in [0.15, 0.2) is 5.58 Å². The second-order valence-electron chi connectivity index (χ2n) is 5.98. The van der Waals surface area contributed by atoms with E-state index in [9.17, 15) is 4.79 Å². The zero-order chi connectivity index (χ0) is 18.1. The molecule has 26 heavy (non-hydrogen) atoms. The number of benzene rings is 3. The molecule has 0 spiro atoms. The predicted octanol–water partition coefficient (Wildman–Crippen LogP) is 5.71. The van der Waals surface area contributed by atoms with Crippen molar-refractivity contribution in [1.29, 1.82) is 0 Å². The van der Waals surface area contributed by atoms with E-state index in [2.05, 4.69) is 10.3 Å². The molecule has 4 rings (SSSR count). The number of aryl methyl sites for hydroxylation is 1. The molecule has 1 amide bonds. The van der Waals surface area contributed by atoms with E-state index in [1.54, 1.807) is 24.3 Å². The Morgan fingerprint density at radius 2 is 1.81 bits per heavy atom. The van der Waals surface area contributed by atoms with E-state index in [1.165, 1.54) is 0 Å². The van der Waals surface area contributed by atoms with Crippen LogP contribution >= 0.6 is 11.6 Å². The lowest BCUT2D eigenvalue weighted by atomic mass is 10.1. The summed E-state index contributed by atoms with van der Waals surface area (Å²) in [6.45, 7) is 1.94. The van der Waals surface area contributed by atoms with Crippen molar-refractivity contribution < 1.29 is 9.21 Å². The van der Waals surface area contributed by atoms with Crippen LogP contribution in [0.4, 0.5) is 5.69 Å². The minimum absolute atomic E-state index is 0.195. The van der Waals surface area contributed by atoms with Gasteiger partial charge in [0.1, 0.15) is 5.52 Å². The standard InChI is InChI=1S/C21H15ClN2O2/c1-13-6-7-15(21-24-17-4-2-3-5-19(17)26-21)12-18(13)23-20(25)14-8-10-16(22)11-9-14/h2-12H,1H3,(H,23,25). The molecule has 0 unspecified atom stereocenters. The molecule has 0 bridgehead atoms.